The summed E-state index contributed by atoms with van der Waals surface area (Å²) in [5.74, 6) is 0. The van der Waals surface area contributed by atoms with Gasteiger partial charge in [0.15, 0.2) is 0 Å². The third kappa shape index (κ3) is 8.57. The van der Waals surface area contributed by atoms with Crippen molar-refractivity contribution in [2.75, 3.05) is 9.80 Å². The van der Waals surface area contributed by atoms with Gasteiger partial charge < -0.3 is 9.80 Å². The number of nitrogens with zero attached hydrogens (tertiary/aromatic N) is 2. The van der Waals surface area contributed by atoms with Crippen LogP contribution < -0.4 is 9.80 Å². The first-order valence-electron chi connectivity index (χ1n) is 28.1. The van der Waals surface area contributed by atoms with Crippen LogP contribution in [0.3, 0.4) is 0 Å². The number of hydrogen-bond donors (Lipinski definition) is 0. The highest BCUT2D eigenvalue weighted by molar-refractivity contribution is 5.90. The van der Waals surface area contributed by atoms with E-state index in [9.17, 15) is 0 Å². The first-order chi connectivity index (χ1) is 38.0. The van der Waals surface area contributed by atoms with Crippen LogP contribution in [0.25, 0.3) is 57.7 Å². The fraction of sp³-hybridized carbons (Fsp3) is 0.169. The molecule has 10 aromatic rings. The van der Waals surface area contributed by atoms with Gasteiger partial charge in [0.05, 0.1) is 0 Å². The van der Waals surface area contributed by atoms with E-state index in [2.05, 4.69) is 310 Å². The Labute approximate surface area is 468 Å². The molecule has 0 atom stereocenters. The summed E-state index contributed by atoms with van der Waals surface area (Å²) in [5.41, 5.74) is 32.5. The lowest BCUT2D eigenvalue weighted by molar-refractivity contribution is 0.660. The molecule has 0 fully saturated rings. The summed E-state index contributed by atoms with van der Waals surface area (Å²) in [5, 5.41) is 0. The zero-order chi connectivity index (χ0) is 54.5. The van der Waals surface area contributed by atoms with Crippen molar-refractivity contribution < 1.29 is 0 Å². The number of aryl methyl sites for hydroxylation is 4. The summed E-state index contributed by atoms with van der Waals surface area (Å²) < 4.78 is 0. The Morgan fingerprint density at radius 1 is 0.241 bits per heavy atom. The average Bonchev–Trinajstić information content (AvgIpc) is 4.00. The van der Waals surface area contributed by atoms with Crippen molar-refractivity contribution in [3.05, 3.63) is 284 Å². The Morgan fingerprint density at radius 2 is 0.456 bits per heavy atom. The summed E-state index contributed by atoms with van der Waals surface area (Å²) in [7, 11) is 0. The van der Waals surface area contributed by atoms with E-state index in [-0.39, 0.29) is 16.2 Å². The molecule has 3 aliphatic carbocycles. The molecule has 13 rings (SSSR count). The second-order valence-corrected chi connectivity index (χ2v) is 24.2. The smallest absolute Gasteiger partial charge is 0.0465 e. The summed E-state index contributed by atoms with van der Waals surface area (Å²) in [6, 6.07) is 77.6. The lowest BCUT2D eigenvalue weighted by atomic mass is 9.81. The van der Waals surface area contributed by atoms with Crippen molar-refractivity contribution in [3.63, 3.8) is 0 Å². The molecule has 0 heterocycles. The standard InChI is InChI=1S/C77H68N2/c1-49-15-11-19-57(39-49)78(58-20-12-16-50(2)40-58)61-31-37-67-65-35-29-55(45-71(65)76(7,8)73(67)47-61)25-23-53-27-33-63-64-34-28-54(44-70(64)75(5,6)69(63)43-53)24-26-56-30-36-66-68-38-32-62(48-74(68)77(9,10)72(66)46-56)79(59-21-13-17-51(3)41-59)60-22-14-18-52(4)42-60/h11-48H,1-10H3. The topological polar surface area (TPSA) is 6.48 Å². The van der Waals surface area contributed by atoms with Crippen molar-refractivity contribution in [1.29, 1.82) is 0 Å². The summed E-state index contributed by atoms with van der Waals surface area (Å²) in [4.78, 5) is 4.80. The van der Waals surface area contributed by atoms with Gasteiger partial charge in [0.2, 0.25) is 0 Å². The van der Waals surface area contributed by atoms with E-state index >= 15 is 0 Å². The van der Waals surface area contributed by atoms with Crippen molar-refractivity contribution in [2.24, 2.45) is 0 Å². The number of benzene rings is 10. The summed E-state index contributed by atoms with van der Waals surface area (Å²) >= 11 is 0. The molecule has 0 bridgehead atoms. The van der Waals surface area contributed by atoms with Crippen LogP contribution in [-0.4, -0.2) is 0 Å². The van der Waals surface area contributed by atoms with E-state index in [1.165, 1.54) is 145 Å². The molecule has 79 heavy (non-hydrogen) atoms. The zero-order valence-corrected chi connectivity index (χ0v) is 47.3. The van der Waals surface area contributed by atoms with Gasteiger partial charge in [-0.1, -0.05) is 199 Å². The fourth-order valence-corrected chi connectivity index (χ4v) is 13.3. The van der Waals surface area contributed by atoms with Crippen molar-refractivity contribution in [3.8, 4) is 33.4 Å². The van der Waals surface area contributed by atoms with Gasteiger partial charge in [-0.2, -0.15) is 0 Å². The molecule has 0 aromatic heterocycles. The Kier molecular flexibility index (Phi) is 11.8. The van der Waals surface area contributed by atoms with Crippen LogP contribution >= 0.6 is 0 Å². The van der Waals surface area contributed by atoms with Crippen molar-refractivity contribution in [1.82, 2.24) is 0 Å². The lowest BCUT2D eigenvalue weighted by Gasteiger charge is -2.28. The van der Waals surface area contributed by atoms with E-state index in [0.29, 0.717) is 0 Å². The minimum absolute atomic E-state index is 0.147. The van der Waals surface area contributed by atoms with Crippen LogP contribution in [-0.2, 0) is 16.2 Å². The molecule has 0 radical (unpaired) electrons. The Morgan fingerprint density at radius 3 is 0.696 bits per heavy atom. The van der Waals surface area contributed by atoms with Gasteiger partial charge in [-0.25, -0.2) is 0 Å². The third-order valence-electron chi connectivity index (χ3n) is 17.6. The predicted molar refractivity (Wildman–Crippen MR) is 338 cm³/mol. The maximum absolute atomic E-state index is 2.43. The monoisotopic (exact) mass is 1020 g/mol. The minimum Gasteiger partial charge on any atom is -0.310 e. The van der Waals surface area contributed by atoms with Gasteiger partial charge in [0, 0.05) is 50.4 Å². The third-order valence-corrected chi connectivity index (χ3v) is 17.6. The average molecular weight is 1020 g/mol. The molecule has 0 spiro atoms. The fourth-order valence-electron chi connectivity index (χ4n) is 13.3. The molecule has 386 valence electrons. The molecule has 3 aliphatic rings. The predicted octanol–water partition coefficient (Wildman–Crippen LogP) is 21.1. The molecule has 2 heteroatoms. The SMILES string of the molecule is Cc1cccc(N(c2cccc(C)c2)c2ccc3c(c2)C(C)(C)c2cc(C=Cc4ccc5c(c4)C(C)(C)c4cc(C=Cc6ccc7c(c6)C(C)(C)c6cc(N(c8cccc(C)c8)c8cccc(C)c8)ccc6-7)ccc4-5)ccc2-3)c1. The lowest BCUT2D eigenvalue weighted by Crippen LogP contribution is -2.16. The van der Waals surface area contributed by atoms with Gasteiger partial charge >= 0.3 is 0 Å². The minimum atomic E-state index is -0.170. The number of rotatable bonds is 10. The van der Waals surface area contributed by atoms with Crippen LogP contribution in [0, 0.1) is 27.7 Å². The van der Waals surface area contributed by atoms with Gasteiger partial charge in [0.1, 0.15) is 0 Å². The summed E-state index contributed by atoms with van der Waals surface area (Å²) in [6.07, 6.45) is 9.19. The van der Waals surface area contributed by atoms with Crippen LogP contribution in [0.4, 0.5) is 34.1 Å². The van der Waals surface area contributed by atoms with Crippen LogP contribution in [0.5, 0.6) is 0 Å². The molecule has 0 saturated heterocycles. The van der Waals surface area contributed by atoms with Crippen molar-refractivity contribution in [2.45, 2.75) is 85.5 Å². The molecule has 2 nitrogen and oxygen atoms in total. The summed E-state index contributed by atoms with van der Waals surface area (Å²) in [6.45, 7) is 23.0. The molecule has 0 amide bonds. The molecule has 0 aliphatic heterocycles. The van der Waals surface area contributed by atoms with Crippen molar-refractivity contribution >= 4 is 58.4 Å². The molecule has 0 unspecified atom stereocenters. The van der Waals surface area contributed by atoms with E-state index in [1.54, 1.807) is 0 Å². The Bertz CT molecular complexity index is 3820. The largest absolute Gasteiger partial charge is 0.310 e. The maximum atomic E-state index is 2.43. The van der Waals surface area contributed by atoms with Crippen LogP contribution in [0.15, 0.2) is 206 Å². The van der Waals surface area contributed by atoms with E-state index in [1.807, 2.05) is 0 Å². The van der Waals surface area contributed by atoms with Gasteiger partial charge in [-0.05, 0) is 212 Å². The number of anilines is 6. The van der Waals surface area contributed by atoms with Gasteiger partial charge in [-0.15, -0.1) is 0 Å². The number of hydrogen-bond acceptors (Lipinski definition) is 2. The Hall–Kier alpha value is -8.72. The second kappa shape index (κ2) is 18.7. The normalized spacial score (nSPS) is 14.7. The molecule has 0 N–H and O–H groups in total. The number of fused-ring (bicyclic) bond motifs is 9. The first-order valence-corrected chi connectivity index (χ1v) is 28.1. The Balaban J connectivity index is 0.733. The zero-order valence-electron chi connectivity index (χ0n) is 47.3. The van der Waals surface area contributed by atoms with Gasteiger partial charge in [0.25, 0.3) is 0 Å². The van der Waals surface area contributed by atoms with E-state index in [4.69, 9.17) is 0 Å². The highest BCUT2D eigenvalue weighted by Crippen LogP contribution is 2.54. The van der Waals surface area contributed by atoms with E-state index < -0.39 is 0 Å². The van der Waals surface area contributed by atoms with E-state index in [0.717, 1.165) is 0 Å². The van der Waals surface area contributed by atoms with Gasteiger partial charge in [-0.3, -0.25) is 0 Å². The quantitative estimate of drug-likeness (QED) is 0.126. The highest BCUT2D eigenvalue weighted by Gasteiger charge is 2.39. The molecule has 10 aromatic carbocycles. The first kappa shape index (κ1) is 49.8. The molecular formula is C77H68N2. The second-order valence-electron chi connectivity index (χ2n) is 24.2. The van der Waals surface area contributed by atoms with Crippen LogP contribution in [0.2, 0.25) is 0 Å². The maximum Gasteiger partial charge on any atom is 0.0465 e. The molecular weight excluding hydrogens is 953 g/mol. The molecule has 0 saturated carbocycles. The highest BCUT2D eigenvalue weighted by atomic mass is 15.1. The van der Waals surface area contributed by atoms with Crippen LogP contribution in [0.1, 0.15) is 119 Å².